The average Bonchev–Trinajstić information content (AvgIpc) is 3.37. The van der Waals surface area contributed by atoms with Crippen molar-refractivity contribution in [3.63, 3.8) is 0 Å². The van der Waals surface area contributed by atoms with E-state index in [1.807, 2.05) is 67.7 Å². The summed E-state index contributed by atoms with van der Waals surface area (Å²) in [5.74, 6) is 1.06. The van der Waals surface area contributed by atoms with Crippen molar-refractivity contribution in [1.29, 1.82) is 5.26 Å². The quantitative estimate of drug-likeness (QED) is 0.198. The predicted molar refractivity (Wildman–Crippen MR) is 150 cm³/mol. The number of benzene rings is 3. The van der Waals surface area contributed by atoms with Gasteiger partial charge in [-0.05, 0) is 67.4 Å². The van der Waals surface area contributed by atoms with Crippen molar-refractivity contribution < 1.29 is 4.74 Å². The van der Waals surface area contributed by atoms with Crippen LogP contribution in [0, 0.1) is 18.3 Å². The Morgan fingerprint density at radius 1 is 1.11 bits per heavy atom. The van der Waals surface area contributed by atoms with Gasteiger partial charge in [0, 0.05) is 17.3 Å². The van der Waals surface area contributed by atoms with E-state index in [0.29, 0.717) is 23.2 Å². The second-order valence-electron chi connectivity index (χ2n) is 9.00. The predicted octanol–water partition coefficient (Wildman–Crippen LogP) is 6.33. The Kier molecular flexibility index (Phi) is 7.14. The van der Waals surface area contributed by atoms with Crippen molar-refractivity contribution in [2.45, 2.75) is 26.7 Å². The standard InChI is InChI=1S/C31H27N5O2/c1-3-4-16-38-28-15-14-22(17-21(28)2)29-24(20-36(35-29)25-10-6-5-7-11-25)18-23(19-32)30-33-27-13-9-8-12-26(27)31(37)34-30/h5-15,17-18,20H,3-4,16H2,1-2H3,(H,33,34,37). The van der Waals surface area contributed by atoms with Gasteiger partial charge in [-0.3, -0.25) is 4.79 Å². The van der Waals surface area contributed by atoms with Gasteiger partial charge in [0.1, 0.15) is 17.5 Å². The molecule has 5 rings (SSSR count). The second-order valence-corrected chi connectivity index (χ2v) is 9.00. The Balaban J connectivity index is 1.62. The first kappa shape index (κ1) is 24.7. The average molecular weight is 502 g/mol. The molecule has 38 heavy (non-hydrogen) atoms. The normalized spacial score (nSPS) is 11.4. The molecule has 5 aromatic rings. The molecule has 0 fully saturated rings. The van der Waals surface area contributed by atoms with Crippen molar-refractivity contribution in [3.05, 3.63) is 106 Å². The summed E-state index contributed by atoms with van der Waals surface area (Å²) in [6.45, 7) is 4.82. The van der Waals surface area contributed by atoms with E-state index in [2.05, 4.69) is 23.0 Å². The van der Waals surface area contributed by atoms with Crippen LogP contribution in [0.15, 0.2) is 83.8 Å². The number of H-pyrrole nitrogens is 1. The fourth-order valence-corrected chi connectivity index (χ4v) is 4.24. The van der Waals surface area contributed by atoms with Gasteiger partial charge in [0.25, 0.3) is 5.56 Å². The largest absolute Gasteiger partial charge is 0.493 e. The van der Waals surface area contributed by atoms with E-state index in [0.717, 1.165) is 41.0 Å². The van der Waals surface area contributed by atoms with Crippen LogP contribution >= 0.6 is 0 Å². The third-order valence-corrected chi connectivity index (χ3v) is 6.26. The van der Waals surface area contributed by atoms with Crippen molar-refractivity contribution in [2.75, 3.05) is 6.61 Å². The summed E-state index contributed by atoms with van der Waals surface area (Å²) >= 11 is 0. The number of para-hydroxylation sites is 2. The maximum Gasteiger partial charge on any atom is 0.259 e. The molecule has 0 aliphatic heterocycles. The van der Waals surface area contributed by atoms with Crippen LogP contribution in [0.25, 0.3) is 39.5 Å². The van der Waals surface area contributed by atoms with E-state index in [1.165, 1.54) is 0 Å². The van der Waals surface area contributed by atoms with Gasteiger partial charge in [-0.25, -0.2) is 9.67 Å². The number of nitrogens with zero attached hydrogens (tertiary/aromatic N) is 4. The zero-order valence-electron chi connectivity index (χ0n) is 21.3. The number of fused-ring (bicyclic) bond motifs is 1. The number of aromatic nitrogens is 4. The minimum atomic E-state index is -0.291. The van der Waals surface area contributed by atoms with E-state index in [1.54, 1.807) is 29.0 Å². The maximum atomic E-state index is 12.7. The van der Waals surface area contributed by atoms with E-state index < -0.39 is 0 Å². The summed E-state index contributed by atoms with van der Waals surface area (Å²) in [6, 6.07) is 25.0. The number of unbranched alkanes of at least 4 members (excludes halogenated alkanes) is 1. The lowest BCUT2D eigenvalue weighted by atomic mass is 10.0. The lowest BCUT2D eigenvalue weighted by molar-refractivity contribution is 0.307. The third kappa shape index (κ3) is 5.11. The van der Waals surface area contributed by atoms with Gasteiger partial charge in [-0.2, -0.15) is 10.4 Å². The van der Waals surface area contributed by atoms with Crippen LogP contribution in [0.1, 0.15) is 36.7 Å². The number of nitriles is 1. The van der Waals surface area contributed by atoms with Gasteiger partial charge in [-0.15, -0.1) is 0 Å². The molecule has 188 valence electrons. The molecule has 0 atom stereocenters. The molecule has 7 nitrogen and oxygen atoms in total. The molecule has 0 saturated heterocycles. The monoisotopic (exact) mass is 501 g/mol. The molecular weight excluding hydrogens is 474 g/mol. The van der Waals surface area contributed by atoms with Gasteiger partial charge in [0.05, 0.1) is 28.8 Å². The number of hydrogen-bond donors (Lipinski definition) is 1. The number of ether oxygens (including phenoxy) is 1. The molecule has 0 radical (unpaired) electrons. The van der Waals surface area contributed by atoms with E-state index in [9.17, 15) is 10.1 Å². The molecule has 7 heteroatoms. The zero-order valence-corrected chi connectivity index (χ0v) is 21.3. The molecule has 0 bridgehead atoms. The summed E-state index contributed by atoms with van der Waals surface area (Å²) < 4.78 is 7.72. The number of allylic oxidation sites excluding steroid dienone is 1. The van der Waals surface area contributed by atoms with Crippen molar-refractivity contribution >= 4 is 22.6 Å². The summed E-state index contributed by atoms with van der Waals surface area (Å²) in [5.41, 5.74) is 4.68. The minimum Gasteiger partial charge on any atom is -0.493 e. The van der Waals surface area contributed by atoms with Gasteiger partial charge in [0.2, 0.25) is 0 Å². The molecule has 2 heterocycles. The maximum absolute atomic E-state index is 12.7. The smallest absolute Gasteiger partial charge is 0.259 e. The van der Waals surface area contributed by atoms with E-state index in [4.69, 9.17) is 9.84 Å². The lowest BCUT2D eigenvalue weighted by Gasteiger charge is -2.10. The highest BCUT2D eigenvalue weighted by Crippen LogP contribution is 2.30. The molecule has 0 aliphatic carbocycles. The summed E-state index contributed by atoms with van der Waals surface area (Å²) in [7, 11) is 0. The van der Waals surface area contributed by atoms with Gasteiger partial charge < -0.3 is 9.72 Å². The van der Waals surface area contributed by atoms with E-state index >= 15 is 0 Å². The molecule has 0 unspecified atom stereocenters. The highest BCUT2D eigenvalue weighted by Gasteiger charge is 2.15. The Morgan fingerprint density at radius 2 is 1.89 bits per heavy atom. The topological polar surface area (TPSA) is 96.6 Å². The molecular formula is C31H27N5O2. The number of aryl methyl sites for hydroxylation is 1. The first-order valence-electron chi connectivity index (χ1n) is 12.6. The highest BCUT2D eigenvalue weighted by molar-refractivity contribution is 5.91. The van der Waals surface area contributed by atoms with Crippen LogP contribution in [0.4, 0.5) is 0 Å². The number of aromatic amines is 1. The first-order chi connectivity index (χ1) is 18.6. The molecule has 0 aliphatic rings. The first-order valence-corrected chi connectivity index (χ1v) is 12.6. The Morgan fingerprint density at radius 3 is 2.66 bits per heavy atom. The van der Waals surface area contributed by atoms with Crippen LogP contribution in [0.5, 0.6) is 5.75 Å². The minimum absolute atomic E-state index is 0.213. The number of nitrogens with one attached hydrogen (secondary N) is 1. The summed E-state index contributed by atoms with van der Waals surface area (Å²) in [6.07, 6.45) is 5.67. The van der Waals surface area contributed by atoms with Crippen LogP contribution in [-0.4, -0.2) is 26.4 Å². The van der Waals surface area contributed by atoms with Gasteiger partial charge in [0.15, 0.2) is 5.82 Å². The van der Waals surface area contributed by atoms with Gasteiger partial charge in [-0.1, -0.05) is 43.7 Å². The SMILES string of the molecule is CCCCOc1ccc(-c2nn(-c3ccccc3)cc2C=C(C#N)c2nc3ccccc3c(=O)[nH]2)cc1C. The van der Waals surface area contributed by atoms with Crippen LogP contribution in [-0.2, 0) is 0 Å². The molecule has 0 saturated carbocycles. The summed E-state index contributed by atoms with van der Waals surface area (Å²) in [4.78, 5) is 20.0. The molecule has 0 spiro atoms. The lowest BCUT2D eigenvalue weighted by Crippen LogP contribution is -2.11. The Hall–Kier alpha value is -4.96. The van der Waals surface area contributed by atoms with Crippen LogP contribution in [0.2, 0.25) is 0 Å². The highest BCUT2D eigenvalue weighted by atomic mass is 16.5. The van der Waals surface area contributed by atoms with Crippen molar-refractivity contribution in [1.82, 2.24) is 19.7 Å². The Bertz CT molecular complexity index is 1730. The third-order valence-electron chi connectivity index (χ3n) is 6.26. The molecule has 0 amide bonds. The van der Waals surface area contributed by atoms with Gasteiger partial charge >= 0.3 is 0 Å². The summed E-state index contributed by atoms with van der Waals surface area (Å²) in [5, 5.41) is 15.4. The molecule has 3 aromatic carbocycles. The molecule has 1 N–H and O–H groups in total. The number of hydrogen-bond acceptors (Lipinski definition) is 5. The van der Waals surface area contributed by atoms with Crippen molar-refractivity contribution in [2.24, 2.45) is 0 Å². The molecule has 2 aromatic heterocycles. The van der Waals surface area contributed by atoms with Crippen molar-refractivity contribution in [3.8, 4) is 28.8 Å². The Labute approximate surface area is 220 Å². The number of rotatable bonds is 8. The zero-order chi connectivity index (χ0) is 26.5. The fourth-order valence-electron chi connectivity index (χ4n) is 4.24. The fraction of sp³-hybridized carbons (Fsp3) is 0.161. The van der Waals surface area contributed by atoms with E-state index in [-0.39, 0.29) is 17.0 Å². The van der Waals surface area contributed by atoms with Crippen LogP contribution < -0.4 is 10.3 Å². The van der Waals surface area contributed by atoms with Crippen LogP contribution in [0.3, 0.4) is 0 Å². The second kappa shape index (κ2) is 11.0.